The third kappa shape index (κ3) is 5.48. The normalized spacial score (nSPS) is 12.3. The summed E-state index contributed by atoms with van der Waals surface area (Å²) in [6.07, 6.45) is 2.75. The lowest BCUT2D eigenvalue weighted by Crippen LogP contribution is -2.16. The molecule has 3 aromatic rings. The summed E-state index contributed by atoms with van der Waals surface area (Å²) in [6.45, 7) is 5.99. The molecule has 0 bridgehead atoms. The van der Waals surface area contributed by atoms with Crippen molar-refractivity contribution in [3.05, 3.63) is 50.9 Å². The average Bonchev–Trinajstić information content (AvgIpc) is 3.50. The van der Waals surface area contributed by atoms with Crippen LogP contribution in [0.5, 0.6) is 0 Å². The molecule has 0 spiro atoms. The number of rotatable bonds is 8. The predicted molar refractivity (Wildman–Crippen MR) is 135 cm³/mol. The molecule has 4 rings (SSSR count). The van der Waals surface area contributed by atoms with Crippen molar-refractivity contribution in [1.29, 1.82) is 0 Å². The Labute approximate surface area is 209 Å². The third-order valence-electron chi connectivity index (χ3n) is 5.38. The maximum absolute atomic E-state index is 12.6. The van der Waals surface area contributed by atoms with E-state index in [0.29, 0.717) is 25.6 Å². The third-order valence-corrected chi connectivity index (χ3v) is 8.56. The summed E-state index contributed by atoms with van der Waals surface area (Å²) in [5, 5.41) is 14.6. The number of ether oxygens (including phenoxy) is 1. The molecule has 1 aliphatic carbocycles. The van der Waals surface area contributed by atoms with Crippen LogP contribution in [0, 0.1) is 13.8 Å². The van der Waals surface area contributed by atoms with Crippen molar-refractivity contribution >= 4 is 62.4 Å². The van der Waals surface area contributed by atoms with Gasteiger partial charge in [0.25, 0.3) is 5.91 Å². The molecule has 0 radical (unpaired) electrons. The Morgan fingerprint density at radius 1 is 1.09 bits per heavy atom. The minimum atomic E-state index is -0.391. The SMILES string of the molecule is CCOC(=O)c1c(NC(=O)CSc2nnc(NC(=O)c3ccc(C)c(C)c3)s2)sc2c1CCC2. The highest BCUT2D eigenvalue weighted by atomic mass is 32.2. The molecule has 34 heavy (non-hydrogen) atoms. The minimum Gasteiger partial charge on any atom is -0.462 e. The molecule has 0 aliphatic heterocycles. The monoisotopic (exact) mass is 516 g/mol. The molecule has 1 aliphatic rings. The fourth-order valence-electron chi connectivity index (χ4n) is 3.57. The highest BCUT2D eigenvalue weighted by Crippen LogP contribution is 2.39. The van der Waals surface area contributed by atoms with Gasteiger partial charge in [-0.05, 0) is 68.9 Å². The smallest absolute Gasteiger partial charge is 0.341 e. The van der Waals surface area contributed by atoms with Crippen molar-refractivity contribution in [3.8, 4) is 0 Å². The summed E-state index contributed by atoms with van der Waals surface area (Å²) in [5.41, 5.74) is 4.19. The van der Waals surface area contributed by atoms with E-state index < -0.39 is 5.97 Å². The lowest BCUT2D eigenvalue weighted by Gasteiger charge is -2.07. The fourth-order valence-corrected chi connectivity index (χ4v) is 6.41. The topological polar surface area (TPSA) is 110 Å². The van der Waals surface area contributed by atoms with Gasteiger partial charge in [0, 0.05) is 10.4 Å². The summed E-state index contributed by atoms with van der Waals surface area (Å²) >= 11 is 3.87. The van der Waals surface area contributed by atoms with Crippen molar-refractivity contribution in [2.45, 2.75) is 44.4 Å². The molecule has 0 saturated carbocycles. The number of thioether (sulfide) groups is 1. The second-order valence-electron chi connectivity index (χ2n) is 7.75. The number of hydrogen-bond acceptors (Lipinski definition) is 9. The number of hydrogen-bond donors (Lipinski definition) is 2. The second-order valence-corrected chi connectivity index (χ2v) is 11.1. The average molecular weight is 517 g/mol. The van der Waals surface area contributed by atoms with Gasteiger partial charge < -0.3 is 10.1 Å². The number of aryl methyl sites for hydroxylation is 3. The molecule has 0 fully saturated rings. The first-order valence-corrected chi connectivity index (χ1v) is 13.4. The number of carbonyl (C=O) groups excluding carboxylic acids is 3. The first-order chi connectivity index (χ1) is 16.4. The van der Waals surface area contributed by atoms with Gasteiger partial charge in [0.2, 0.25) is 11.0 Å². The van der Waals surface area contributed by atoms with Crippen LogP contribution >= 0.6 is 34.4 Å². The van der Waals surface area contributed by atoms with E-state index in [1.165, 1.54) is 34.4 Å². The van der Waals surface area contributed by atoms with Crippen LogP contribution in [0.4, 0.5) is 10.1 Å². The van der Waals surface area contributed by atoms with E-state index in [1.54, 1.807) is 13.0 Å². The van der Waals surface area contributed by atoms with Crippen molar-refractivity contribution in [2.75, 3.05) is 23.0 Å². The van der Waals surface area contributed by atoms with Gasteiger partial charge in [-0.2, -0.15) is 0 Å². The standard InChI is InChI=1S/C23H24N4O4S3/c1-4-31-21(30)18-15-6-5-7-16(15)33-20(18)24-17(28)11-32-23-27-26-22(34-23)25-19(29)14-9-8-12(2)13(3)10-14/h8-10H,4-7,11H2,1-3H3,(H,24,28)(H,25,26,29). The maximum Gasteiger partial charge on any atom is 0.341 e. The number of nitrogens with one attached hydrogen (secondary N) is 2. The fraction of sp³-hybridized carbons (Fsp3) is 0.348. The molecule has 0 atom stereocenters. The van der Waals surface area contributed by atoms with Crippen LogP contribution in [0.1, 0.15) is 55.6 Å². The number of carbonyl (C=O) groups is 3. The summed E-state index contributed by atoms with van der Waals surface area (Å²) in [6, 6.07) is 5.50. The maximum atomic E-state index is 12.6. The van der Waals surface area contributed by atoms with E-state index in [4.69, 9.17) is 4.74 Å². The Morgan fingerprint density at radius 3 is 2.68 bits per heavy atom. The Kier molecular flexibility index (Phi) is 7.64. The summed E-state index contributed by atoms with van der Waals surface area (Å²) < 4.78 is 5.76. The van der Waals surface area contributed by atoms with E-state index in [9.17, 15) is 14.4 Å². The highest BCUT2D eigenvalue weighted by molar-refractivity contribution is 8.01. The van der Waals surface area contributed by atoms with Crippen molar-refractivity contribution < 1.29 is 19.1 Å². The molecular weight excluding hydrogens is 492 g/mol. The zero-order valence-electron chi connectivity index (χ0n) is 19.0. The van der Waals surface area contributed by atoms with Crippen LogP contribution in [0.2, 0.25) is 0 Å². The lowest BCUT2D eigenvalue weighted by atomic mass is 10.1. The van der Waals surface area contributed by atoms with E-state index in [0.717, 1.165) is 40.8 Å². The number of nitrogens with zero attached hydrogens (tertiary/aromatic N) is 2. The Hall–Kier alpha value is -2.76. The summed E-state index contributed by atoms with van der Waals surface area (Å²) in [4.78, 5) is 38.6. The molecule has 2 N–H and O–H groups in total. The van der Waals surface area contributed by atoms with Gasteiger partial charge in [0.15, 0.2) is 4.34 Å². The molecule has 11 heteroatoms. The first-order valence-electron chi connectivity index (χ1n) is 10.8. The summed E-state index contributed by atoms with van der Waals surface area (Å²) in [7, 11) is 0. The number of aromatic nitrogens is 2. The van der Waals surface area contributed by atoms with Crippen LogP contribution in [-0.2, 0) is 22.4 Å². The van der Waals surface area contributed by atoms with Gasteiger partial charge in [0.05, 0.1) is 17.9 Å². The Morgan fingerprint density at radius 2 is 1.91 bits per heavy atom. The number of thiophene rings is 1. The van der Waals surface area contributed by atoms with Gasteiger partial charge in [-0.3, -0.25) is 14.9 Å². The molecule has 8 nitrogen and oxygen atoms in total. The Balaban J connectivity index is 1.34. The molecule has 0 saturated heterocycles. The van der Waals surface area contributed by atoms with E-state index in [2.05, 4.69) is 20.8 Å². The van der Waals surface area contributed by atoms with Gasteiger partial charge in [-0.15, -0.1) is 21.5 Å². The summed E-state index contributed by atoms with van der Waals surface area (Å²) in [5.74, 6) is -0.791. The minimum absolute atomic E-state index is 0.102. The number of benzene rings is 1. The van der Waals surface area contributed by atoms with Crippen LogP contribution < -0.4 is 10.6 Å². The zero-order chi connectivity index (χ0) is 24.2. The molecule has 2 amide bonds. The predicted octanol–water partition coefficient (Wildman–Crippen LogP) is 4.86. The van der Waals surface area contributed by atoms with Gasteiger partial charge in [-0.1, -0.05) is 29.2 Å². The molecular formula is C23H24N4O4S3. The number of esters is 1. The first kappa shape index (κ1) is 24.4. The van der Waals surface area contributed by atoms with Gasteiger partial charge >= 0.3 is 5.97 Å². The second kappa shape index (κ2) is 10.7. The largest absolute Gasteiger partial charge is 0.462 e. The van der Waals surface area contributed by atoms with E-state index >= 15 is 0 Å². The molecule has 178 valence electrons. The highest BCUT2D eigenvalue weighted by Gasteiger charge is 2.28. The van der Waals surface area contributed by atoms with Crippen LogP contribution in [-0.4, -0.2) is 40.3 Å². The van der Waals surface area contributed by atoms with Crippen molar-refractivity contribution in [1.82, 2.24) is 10.2 Å². The van der Waals surface area contributed by atoms with Crippen molar-refractivity contribution in [3.63, 3.8) is 0 Å². The van der Waals surface area contributed by atoms with Crippen LogP contribution in [0.3, 0.4) is 0 Å². The molecule has 0 unspecified atom stereocenters. The van der Waals surface area contributed by atoms with Crippen LogP contribution in [0.15, 0.2) is 22.5 Å². The number of anilines is 2. The van der Waals surface area contributed by atoms with Gasteiger partial charge in [-0.25, -0.2) is 4.79 Å². The Bertz CT molecular complexity index is 1250. The van der Waals surface area contributed by atoms with E-state index in [-0.39, 0.29) is 24.2 Å². The number of amides is 2. The lowest BCUT2D eigenvalue weighted by molar-refractivity contribution is -0.113. The molecule has 2 heterocycles. The molecule has 1 aromatic carbocycles. The van der Waals surface area contributed by atoms with Gasteiger partial charge in [0.1, 0.15) is 5.00 Å². The quantitative estimate of drug-likeness (QED) is 0.250. The van der Waals surface area contributed by atoms with Crippen molar-refractivity contribution in [2.24, 2.45) is 0 Å². The zero-order valence-corrected chi connectivity index (χ0v) is 21.5. The van der Waals surface area contributed by atoms with Crippen LogP contribution in [0.25, 0.3) is 0 Å². The number of fused-ring (bicyclic) bond motifs is 1. The molecule has 2 aromatic heterocycles. The van der Waals surface area contributed by atoms with E-state index in [1.807, 2.05) is 26.0 Å².